The first kappa shape index (κ1) is 15.4. The number of hydrogen-bond acceptors (Lipinski definition) is 3. The van der Waals surface area contributed by atoms with Gasteiger partial charge in [-0.05, 0) is 30.4 Å². The molecule has 1 saturated heterocycles. The van der Waals surface area contributed by atoms with Crippen LogP contribution in [0.15, 0.2) is 41.2 Å². The zero-order chi connectivity index (χ0) is 16.6. The molecule has 0 unspecified atom stereocenters. The van der Waals surface area contributed by atoms with E-state index in [0.29, 0.717) is 19.7 Å². The van der Waals surface area contributed by atoms with Crippen molar-refractivity contribution < 1.29 is 9.53 Å². The van der Waals surface area contributed by atoms with Crippen molar-refractivity contribution in [3.63, 3.8) is 0 Å². The minimum absolute atomic E-state index is 0.00280. The van der Waals surface area contributed by atoms with Gasteiger partial charge in [-0.2, -0.15) is 0 Å². The summed E-state index contributed by atoms with van der Waals surface area (Å²) in [4.78, 5) is 27.0. The van der Waals surface area contributed by atoms with Gasteiger partial charge in [-0.1, -0.05) is 31.0 Å². The molecule has 2 aromatic rings. The number of pyridine rings is 1. The van der Waals surface area contributed by atoms with Crippen LogP contribution in [-0.2, 0) is 16.1 Å². The van der Waals surface area contributed by atoms with E-state index in [-0.39, 0.29) is 23.6 Å². The molecule has 1 saturated carbocycles. The third kappa shape index (κ3) is 2.73. The second-order valence-electron chi connectivity index (χ2n) is 6.87. The number of benzene rings is 1. The van der Waals surface area contributed by atoms with Crippen LogP contribution in [-0.4, -0.2) is 40.7 Å². The number of carbonyl (C=O) groups is 1. The lowest BCUT2D eigenvalue weighted by Crippen LogP contribution is -2.53. The van der Waals surface area contributed by atoms with Gasteiger partial charge in [0.15, 0.2) is 0 Å². The highest BCUT2D eigenvalue weighted by molar-refractivity contribution is 5.82. The fraction of sp³-hybridized carbons (Fsp3) is 0.474. The number of fused-ring (bicyclic) bond motifs is 1. The molecule has 5 nitrogen and oxygen atoms in total. The monoisotopic (exact) mass is 326 g/mol. The van der Waals surface area contributed by atoms with Gasteiger partial charge in [0, 0.05) is 19.2 Å². The van der Waals surface area contributed by atoms with E-state index < -0.39 is 0 Å². The van der Waals surface area contributed by atoms with E-state index in [9.17, 15) is 9.59 Å². The fourth-order valence-electron chi connectivity index (χ4n) is 4.02. The van der Waals surface area contributed by atoms with Crippen LogP contribution in [0.1, 0.15) is 25.7 Å². The Hall–Kier alpha value is -2.14. The molecule has 1 aromatic heterocycles. The van der Waals surface area contributed by atoms with Crippen molar-refractivity contribution >= 4 is 16.8 Å². The quantitative estimate of drug-likeness (QED) is 0.850. The van der Waals surface area contributed by atoms with E-state index in [1.165, 1.54) is 18.9 Å². The Morgan fingerprint density at radius 3 is 2.75 bits per heavy atom. The summed E-state index contributed by atoms with van der Waals surface area (Å²) in [5.74, 6) is 0.00280. The van der Waals surface area contributed by atoms with Gasteiger partial charge in [-0.15, -0.1) is 0 Å². The van der Waals surface area contributed by atoms with Crippen LogP contribution < -0.4 is 5.56 Å². The van der Waals surface area contributed by atoms with E-state index in [0.717, 1.165) is 23.7 Å². The highest BCUT2D eigenvalue weighted by atomic mass is 16.5. The third-order valence-corrected chi connectivity index (χ3v) is 5.31. The SMILES string of the molecule is O=C(Cn1c(=O)ccc2ccccc21)N1CCOC2(CCCC2)C1. The molecule has 1 aromatic carbocycles. The number of aromatic nitrogens is 1. The molecule has 1 spiro atoms. The second-order valence-corrected chi connectivity index (χ2v) is 6.87. The summed E-state index contributed by atoms with van der Waals surface area (Å²) in [6, 6.07) is 11.0. The molecule has 0 bridgehead atoms. The molecule has 5 heteroatoms. The largest absolute Gasteiger partial charge is 0.371 e. The average Bonchev–Trinajstić information content (AvgIpc) is 3.05. The summed E-state index contributed by atoms with van der Waals surface area (Å²) < 4.78 is 7.57. The van der Waals surface area contributed by atoms with Crippen molar-refractivity contribution in [1.29, 1.82) is 0 Å². The smallest absolute Gasteiger partial charge is 0.251 e. The van der Waals surface area contributed by atoms with Gasteiger partial charge in [-0.3, -0.25) is 14.2 Å². The molecular formula is C19H22N2O3. The first-order valence-electron chi connectivity index (χ1n) is 8.67. The standard InChI is InChI=1S/C19H22N2O3/c22-17-8-7-15-5-1-2-6-16(15)21(17)13-18(23)20-11-12-24-19(14-20)9-3-4-10-19/h1-2,5-8H,3-4,9-14H2. The highest BCUT2D eigenvalue weighted by Gasteiger charge is 2.40. The summed E-state index contributed by atoms with van der Waals surface area (Å²) in [5, 5.41) is 0.971. The van der Waals surface area contributed by atoms with Crippen LogP contribution in [0.25, 0.3) is 10.9 Å². The maximum Gasteiger partial charge on any atom is 0.251 e. The van der Waals surface area contributed by atoms with Crippen LogP contribution >= 0.6 is 0 Å². The molecule has 1 aliphatic carbocycles. The van der Waals surface area contributed by atoms with Gasteiger partial charge in [0.25, 0.3) is 5.56 Å². The highest BCUT2D eigenvalue weighted by Crippen LogP contribution is 2.35. The van der Waals surface area contributed by atoms with Crippen molar-refractivity contribution in [3.05, 3.63) is 46.8 Å². The molecule has 0 N–H and O–H groups in total. The Morgan fingerprint density at radius 2 is 1.92 bits per heavy atom. The number of ether oxygens (including phenoxy) is 1. The molecule has 0 atom stereocenters. The van der Waals surface area contributed by atoms with E-state index in [2.05, 4.69) is 0 Å². The number of para-hydroxylation sites is 1. The van der Waals surface area contributed by atoms with E-state index >= 15 is 0 Å². The predicted molar refractivity (Wildman–Crippen MR) is 91.9 cm³/mol. The second kappa shape index (κ2) is 6.06. The molecular weight excluding hydrogens is 304 g/mol. The molecule has 0 radical (unpaired) electrons. The number of rotatable bonds is 2. The number of hydrogen-bond donors (Lipinski definition) is 0. The Kier molecular flexibility index (Phi) is 3.88. The van der Waals surface area contributed by atoms with Crippen molar-refractivity contribution in [3.8, 4) is 0 Å². The average molecular weight is 326 g/mol. The molecule has 1 amide bonds. The molecule has 2 aliphatic rings. The number of amides is 1. The summed E-state index contributed by atoms with van der Waals surface area (Å²) in [5.41, 5.74) is 0.533. The minimum atomic E-state index is -0.141. The van der Waals surface area contributed by atoms with Gasteiger partial charge in [0.05, 0.1) is 17.7 Å². The Bertz CT molecular complexity index is 821. The zero-order valence-corrected chi connectivity index (χ0v) is 13.7. The lowest BCUT2D eigenvalue weighted by atomic mass is 9.99. The Labute approximate surface area is 140 Å². The number of carbonyl (C=O) groups excluding carboxylic acids is 1. The molecule has 126 valence electrons. The van der Waals surface area contributed by atoms with Gasteiger partial charge in [-0.25, -0.2) is 0 Å². The molecule has 1 aliphatic heterocycles. The fourth-order valence-corrected chi connectivity index (χ4v) is 4.02. The maximum absolute atomic E-state index is 12.8. The van der Waals surface area contributed by atoms with Crippen LogP contribution in [0.4, 0.5) is 0 Å². The third-order valence-electron chi connectivity index (χ3n) is 5.31. The van der Waals surface area contributed by atoms with Crippen molar-refractivity contribution in [2.24, 2.45) is 0 Å². The van der Waals surface area contributed by atoms with E-state index in [4.69, 9.17) is 4.74 Å². The maximum atomic E-state index is 12.8. The minimum Gasteiger partial charge on any atom is -0.371 e. The van der Waals surface area contributed by atoms with Crippen molar-refractivity contribution in [2.45, 2.75) is 37.8 Å². The van der Waals surface area contributed by atoms with Crippen LogP contribution in [0.3, 0.4) is 0 Å². The number of morpholine rings is 1. The molecule has 2 heterocycles. The predicted octanol–water partition coefficient (Wildman–Crippen LogP) is 2.17. The summed E-state index contributed by atoms with van der Waals surface area (Å²) >= 11 is 0. The number of nitrogens with zero attached hydrogens (tertiary/aromatic N) is 2. The van der Waals surface area contributed by atoms with E-state index in [1.54, 1.807) is 10.6 Å². The van der Waals surface area contributed by atoms with Crippen molar-refractivity contribution in [1.82, 2.24) is 9.47 Å². The topological polar surface area (TPSA) is 51.5 Å². The van der Waals surface area contributed by atoms with Crippen LogP contribution in [0, 0.1) is 0 Å². The molecule has 24 heavy (non-hydrogen) atoms. The van der Waals surface area contributed by atoms with Gasteiger partial charge < -0.3 is 9.64 Å². The lowest BCUT2D eigenvalue weighted by Gasteiger charge is -2.40. The Balaban J connectivity index is 1.58. The van der Waals surface area contributed by atoms with Crippen LogP contribution in [0.2, 0.25) is 0 Å². The molecule has 4 rings (SSSR count). The summed E-state index contributed by atoms with van der Waals surface area (Å²) in [6.07, 6.45) is 4.41. The first-order chi connectivity index (χ1) is 11.7. The first-order valence-corrected chi connectivity index (χ1v) is 8.67. The van der Waals surface area contributed by atoms with E-state index in [1.807, 2.05) is 29.2 Å². The van der Waals surface area contributed by atoms with Gasteiger partial charge in [0.2, 0.25) is 5.91 Å². The normalized spacial score (nSPS) is 19.9. The van der Waals surface area contributed by atoms with Crippen LogP contribution in [0.5, 0.6) is 0 Å². The van der Waals surface area contributed by atoms with Gasteiger partial charge in [0.1, 0.15) is 6.54 Å². The molecule has 2 fully saturated rings. The summed E-state index contributed by atoms with van der Waals surface area (Å²) in [6.45, 7) is 1.96. The van der Waals surface area contributed by atoms with Gasteiger partial charge >= 0.3 is 0 Å². The van der Waals surface area contributed by atoms with Crippen molar-refractivity contribution in [2.75, 3.05) is 19.7 Å². The zero-order valence-electron chi connectivity index (χ0n) is 13.7. The lowest BCUT2D eigenvalue weighted by molar-refractivity contribution is -0.150. The Morgan fingerprint density at radius 1 is 1.12 bits per heavy atom. The summed E-state index contributed by atoms with van der Waals surface area (Å²) in [7, 11) is 0.